The van der Waals surface area contributed by atoms with Crippen molar-refractivity contribution in [2.75, 3.05) is 19.6 Å². The molecule has 1 aromatic heterocycles. The van der Waals surface area contributed by atoms with E-state index in [4.69, 9.17) is 11.6 Å². The molecule has 0 N–H and O–H groups in total. The van der Waals surface area contributed by atoms with Crippen LogP contribution in [-0.2, 0) is 6.42 Å². The number of likely N-dealkylation sites (tertiary alicyclic amines) is 1. The minimum Gasteiger partial charge on any atom is -0.303 e. The van der Waals surface area contributed by atoms with Gasteiger partial charge in [-0.25, -0.2) is 9.37 Å². The molecular weight excluding hydrogens is 331 g/mol. The number of hydrogen-bond donors (Lipinski definition) is 0. The average Bonchev–Trinajstić information content (AvgIpc) is 2.56. The Bertz CT molecular complexity index is 644. The second-order valence-electron chi connectivity index (χ2n) is 5.80. The van der Waals surface area contributed by atoms with Crippen LogP contribution in [0, 0.1) is 5.82 Å². The number of aromatic nitrogens is 1. The third-order valence-corrected chi connectivity index (χ3v) is 5.65. The standard InChI is InChI=1S/C18H20ClFN2S/c19-17-6-3-7-18(21-17)23-15-9-12-22(13-10-15)11-8-14-4-1-2-5-16(14)20/h1-7,15H,8-13H2. The van der Waals surface area contributed by atoms with Gasteiger partial charge in [-0.1, -0.05) is 35.9 Å². The van der Waals surface area contributed by atoms with Crippen molar-refractivity contribution in [1.82, 2.24) is 9.88 Å². The van der Waals surface area contributed by atoms with Crippen molar-refractivity contribution in [2.45, 2.75) is 29.5 Å². The van der Waals surface area contributed by atoms with Gasteiger partial charge in [-0.2, -0.15) is 0 Å². The van der Waals surface area contributed by atoms with Crippen molar-refractivity contribution < 1.29 is 4.39 Å². The topological polar surface area (TPSA) is 16.1 Å². The van der Waals surface area contributed by atoms with Crippen LogP contribution in [0.25, 0.3) is 0 Å². The molecule has 1 aromatic carbocycles. The Morgan fingerprint density at radius 3 is 2.65 bits per heavy atom. The highest BCUT2D eigenvalue weighted by Gasteiger charge is 2.20. The monoisotopic (exact) mass is 350 g/mol. The third-order valence-electron chi connectivity index (χ3n) is 4.17. The Kier molecular flexibility index (Phi) is 5.92. The number of nitrogens with zero attached hydrogens (tertiary/aromatic N) is 2. The molecule has 2 aromatic rings. The van der Waals surface area contributed by atoms with Gasteiger partial charge in [-0.15, -0.1) is 11.8 Å². The second kappa shape index (κ2) is 8.13. The lowest BCUT2D eigenvalue weighted by Crippen LogP contribution is -2.36. The number of hydrogen-bond acceptors (Lipinski definition) is 3. The fraction of sp³-hybridized carbons (Fsp3) is 0.389. The van der Waals surface area contributed by atoms with E-state index in [1.807, 2.05) is 36.0 Å². The van der Waals surface area contributed by atoms with Crippen LogP contribution < -0.4 is 0 Å². The Morgan fingerprint density at radius 1 is 1.13 bits per heavy atom. The Morgan fingerprint density at radius 2 is 1.91 bits per heavy atom. The molecule has 5 heteroatoms. The average molecular weight is 351 g/mol. The Hall–Kier alpha value is -1.10. The Labute approximate surface area is 146 Å². The van der Waals surface area contributed by atoms with Gasteiger partial charge in [0.1, 0.15) is 11.0 Å². The largest absolute Gasteiger partial charge is 0.303 e. The highest BCUT2D eigenvalue weighted by molar-refractivity contribution is 7.99. The first-order chi connectivity index (χ1) is 11.2. The van der Waals surface area contributed by atoms with Crippen LogP contribution in [0.5, 0.6) is 0 Å². The maximum atomic E-state index is 13.6. The summed E-state index contributed by atoms with van der Waals surface area (Å²) in [5, 5.41) is 2.14. The summed E-state index contributed by atoms with van der Waals surface area (Å²) in [7, 11) is 0. The van der Waals surface area contributed by atoms with Gasteiger partial charge in [0, 0.05) is 11.8 Å². The lowest BCUT2D eigenvalue weighted by molar-refractivity contribution is 0.235. The molecule has 1 aliphatic heterocycles. The van der Waals surface area contributed by atoms with Crippen molar-refractivity contribution in [1.29, 1.82) is 0 Å². The fourth-order valence-corrected chi connectivity index (χ4v) is 4.17. The summed E-state index contributed by atoms with van der Waals surface area (Å²) >= 11 is 7.75. The summed E-state index contributed by atoms with van der Waals surface area (Å²) < 4.78 is 13.6. The maximum absolute atomic E-state index is 13.6. The van der Waals surface area contributed by atoms with E-state index >= 15 is 0 Å². The summed E-state index contributed by atoms with van der Waals surface area (Å²) in [4.78, 5) is 6.77. The molecule has 1 fully saturated rings. The maximum Gasteiger partial charge on any atom is 0.130 e. The van der Waals surface area contributed by atoms with Crippen molar-refractivity contribution >= 4 is 23.4 Å². The first-order valence-corrected chi connectivity index (χ1v) is 9.21. The van der Waals surface area contributed by atoms with E-state index in [0.29, 0.717) is 10.4 Å². The molecule has 0 amide bonds. The summed E-state index contributed by atoms with van der Waals surface area (Å²) in [5.74, 6) is -0.0926. The van der Waals surface area contributed by atoms with Crippen LogP contribution in [0.1, 0.15) is 18.4 Å². The molecule has 122 valence electrons. The zero-order chi connectivity index (χ0) is 16.1. The molecule has 1 saturated heterocycles. The SMILES string of the molecule is Fc1ccccc1CCN1CCC(Sc2cccc(Cl)n2)CC1. The van der Waals surface area contributed by atoms with Crippen LogP contribution in [0.4, 0.5) is 4.39 Å². The van der Waals surface area contributed by atoms with Gasteiger partial charge in [0.15, 0.2) is 0 Å². The number of piperidine rings is 1. The van der Waals surface area contributed by atoms with Gasteiger partial charge >= 0.3 is 0 Å². The second-order valence-corrected chi connectivity index (χ2v) is 7.51. The fourth-order valence-electron chi connectivity index (χ4n) is 2.86. The number of benzene rings is 1. The van der Waals surface area contributed by atoms with Crippen LogP contribution in [0.15, 0.2) is 47.5 Å². The van der Waals surface area contributed by atoms with E-state index in [-0.39, 0.29) is 5.82 Å². The van der Waals surface area contributed by atoms with Gasteiger partial charge < -0.3 is 4.90 Å². The molecule has 0 radical (unpaired) electrons. The van der Waals surface area contributed by atoms with E-state index in [1.165, 1.54) is 6.07 Å². The van der Waals surface area contributed by atoms with Crippen LogP contribution in [-0.4, -0.2) is 34.8 Å². The van der Waals surface area contributed by atoms with Crippen LogP contribution in [0.2, 0.25) is 5.15 Å². The highest BCUT2D eigenvalue weighted by atomic mass is 35.5. The number of halogens is 2. The summed E-state index contributed by atoms with van der Waals surface area (Å²) in [6, 6.07) is 12.8. The van der Waals surface area contributed by atoms with E-state index in [0.717, 1.165) is 49.5 Å². The molecule has 3 rings (SSSR count). The van der Waals surface area contributed by atoms with Crippen molar-refractivity contribution in [3.8, 4) is 0 Å². The molecule has 1 aliphatic rings. The quantitative estimate of drug-likeness (QED) is 0.729. The smallest absolute Gasteiger partial charge is 0.130 e. The van der Waals surface area contributed by atoms with E-state index in [1.54, 1.807) is 12.1 Å². The molecule has 0 unspecified atom stereocenters. The van der Waals surface area contributed by atoms with Gasteiger partial charge in [0.05, 0.1) is 5.03 Å². The van der Waals surface area contributed by atoms with E-state index in [9.17, 15) is 4.39 Å². The third kappa shape index (κ3) is 4.93. The first kappa shape index (κ1) is 16.7. The minimum atomic E-state index is -0.0926. The van der Waals surface area contributed by atoms with Gasteiger partial charge in [0.2, 0.25) is 0 Å². The predicted octanol–water partition coefficient (Wildman–Crippen LogP) is 4.67. The van der Waals surface area contributed by atoms with Crippen molar-refractivity contribution in [2.24, 2.45) is 0 Å². The molecule has 0 saturated carbocycles. The molecule has 0 spiro atoms. The molecular formula is C18H20ClFN2S. The van der Waals surface area contributed by atoms with E-state index < -0.39 is 0 Å². The van der Waals surface area contributed by atoms with Crippen molar-refractivity contribution in [3.05, 3.63) is 59.0 Å². The molecule has 2 heterocycles. The summed E-state index contributed by atoms with van der Waals surface area (Å²) in [6.45, 7) is 3.05. The first-order valence-electron chi connectivity index (χ1n) is 7.96. The zero-order valence-electron chi connectivity index (χ0n) is 12.9. The van der Waals surface area contributed by atoms with E-state index in [2.05, 4.69) is 9.88 Å². The molecule has 0 bridgehead atoms. The molecule has 23 heavy (non-hydrogen) atoms. The number of pyridine rings is 1. The van der Waals surface area contributed by atoms with Crippen LogP contribution >= 0.6 is 23.4 Å². The summed E-state index contributed by atoms with van der Waals surface area (Å²) in [5.41, 5.74) is 0.812. The van der Waals surface area contributed by atoms with Gasteiger partial charge in [-0.3, -0.25) is 0 Å². The minimum absolute atomic E-state index is 0.0926. The Balaban J connectivity index is 1.44. The molecule has 0 aliphatic carbocycles. The van der Waals surface area contributed by atoms with Gasteiger partial charge in [-0.05, 0) is 56.1 Å². The number of rotatable bonds is 5. The lowest BCUT2D eigenvalue weighted by Gasteiger charge is -2.31. The van der Waals surface area contributed by atoms with Crippen LogP contribution in [0.3, 0.4) is 0 Å². The molecule has 2 nitrogen and oxygen atoms in total. The predicted molar refractivity (Wildman–Crippen MR) is 94.7 cm³/mol. The molecule has 0 atom stereocenters. The highest BCUT2D eigenvalue weighted by Crippen LogP contribution is 2.29. The lowest BCUT2D eigenvalue weighted by atomic mass is 10.1. The zero-order valence-corrected chi connectivity index (χ0v) is 14.5. The summed E-state index contributed by atoms with van der Waals surface area (Å²) in [6.07, 6.45) is 3.05. The number of thioether (sulfide) groups is 1. The van der Waals surface area contributed by atoms with Gasteiger partial charge in [0.25, 0.3) is 0 Å². The van der Waals surface area contributed by atoms with Crippen molar-refractivity contribution in [3.63, 3.8) is 0 Å². The normalized spacial score (nSPS) is 16.6.